The highest BCUT2D eigenvalue weighted by atomic mass is 32.2. The molecule has 1 aliphatic heterocycles. The van der Waals surface area contributed by atoms with Crippen LogP contribution in [0.15, 0.2) is 84.0 Å². The highest BCUT2D eigenvalue weighted by Gasteiger charge is 2.22. The molecule has 0 bridgehead atoms. The topological polar surface area (TPSA) is 66.2 Å². The zero-order chi connectivity index (χ0) is 21.9. The van der Waals surface area contributed by atoms with E-state index >= 15 is 0 Å². The van der Waals surface area contributed by atoms with Crippen LogP contribution in [0.4, 0.5) is 0 Å². The quantitative estimate of drug-likeness (QED) is 0.293. The molecule has 32 heavy (non-hydrogen) atoms. The number of thioether (sulfide) groups is 1. The summed E-state index contributed by atoms with van der Waals surface area (Å²) in [5.41, 5.74) is 2.70. The van der Waals surface area contributed by atoms with Gasteiger partial charge in [0.05, 0.1) is 11.8 Å². The van der Waals surface area contributed by atoms with Crippen LogP contribution in [0, 0.1) is 0 Å². The van der Waals surface area contributed by atoms with Gasteiger partial charge in [-0.05, 0) is 24.6 Å². The molecule has 2 heterocycles. The van der Waals surface area contributed by atoms with Crippen LogP contribution in [0.5, 0.6) is 11.5 Å². The molecule has 7 heteroatoms. The van der Waals surface area contributed by atoms with Gasteiger partial charge >= 0.3 is 0 Å². The van der Waals surface area contributed by atoms with Gasteiger partial charge in [0.15, 0.2) is 28.3 Å². The fraction of sp³-hybridized carbons (Fsp3) is 0.160. The third kappa shape index (κ3) is 4.11. The molecule has 3 aromatic carbocycles. The van der Waals surface area contributed by atoms with E-state index in [0.29, 0.717) is 17.3 Å². The van der Waals surface area contributed by atoms with Crippen molar-refractivity contribution in [3.8, 4) is 22.9 Å². The first-order valence-corrected chi connectivity index (χ1v) is 11.2. The summed E-state index contributed by atoms with van der Waals surface area (Å²) >= 11 is 1.42. The van der Waals surface area contributed by atoms with E-state index in [-0.39, 0.29) is 17.8 Å². The van der Waals surface area contributed by atoms with Crippen molar-refractivity contribution in [3.05, 3.63) is 90.0 Å². The Labute approximate surface area is 190 Å². The Hall–Kier alpha value is -3.58. The fourth-order valence-electron chi connectivity index (χ4n) is 3.59. The van der Waals surface area contributed by atoms with Crippen molar-refractivity contribution < 1.29 is 14.3 Å². The number of hydrogen-bond acceptors (Lipinski definition) is 6. The maximum atomic E-state index is 12.9. The smallest absolute Gasteiger partial charge is 0.231 e. The fourth-order valence-corrected chi connectivity index (χ4v) is 4.52. The molecule has 0 fully saturated rings. The number of hydrogen-bond donors (Lipinski definition) is 0. The molecule has 6 nitrogen and oxygen atoms in total. The van der Waals surface area contributed by atoms with Crippen molar-refractivity contribution in [1.29, 1.82) is 0 Å². The first kappa shape index (κ1) is 20.3. The van der Waals surface area contributed by atoms with E-state index in [9.17, 15) is 4.79 Å². The third-order valence-electron chi connectivity index (χ3n) is 5.24. The van der Waals surface area contributed by atoms with E-state index in [1.807, 2.05) is 90.4 Å². The number of rotatable bonds is 7. The minimum Gasteiger partial charge on any atom is -0.454 e. The summed E-state index contributed by atoms with van der Waals surface area (Å²) in [6.45, 7) is 2.69. The Bertz CT molecular complexity index is 1240. The number of benzene rings is 3. The average molecular weight is 444 g/mol. The highest BCUT2D eigenvalue weighted by molar-refractivity contribution is 8.00. The number of nitrogens with zero attached hydrogens (tertiary/aromatic N) is 3. The monoisotopic (exact) mass is 443 g/mol. The van der Waals surface area contributed by atoms with Gasteiger partial charge in [0.2, 0.25) is 6.79 Å². The summed E-state index contributed by atoms with van der Waals surface area (Å²) in [5, 5.41) is 9.30. The van der Waals surface area contributed by atoms with Gasteiger partial charge in [-0.15, -0.1) is 10.2 Å². The molecule has 5 rings (SSSR count). The molecule has 4 aromatic rings. The van der Waals surface area contributed by atoms with Crippen LogP contribution in [-0.4, -0.2) is 32.6 Å². The number of fused-ring (bicyclic) bond motifs is 1. The number of ether oxygens (including phenoxy) is 2. The molecule has 160 valence electrons. The van der Waals surface area contributed by atoms with Crippen LogP contribution in [0.2, 0.25) is 0 Å². The first-order chi connectivity index (χ1) is 15.7. The Morgan fingerprint density at radius 2 is 1.69 bits per heavy atom. The van der Waals surface area contributed by atoms with Crippen LogP contribution >= 0.6 is 11.8 Å². The maximum absolute atomic E-state index is 12.9. The second kappa shape index (κ2) is 8.88. The third-order valence-corrected chi connectivity index (χ3v) is 6.32. The standard InChI is InChI=1S/C25H21N3O3S/c1-17(23(29)19-8-4-2-5-9-19)32-25-27-26-24(20-10-6-3-7-11-20)28(25)15-18-12-13-21-22(14-18)31-16-30-21/h2-14,17H,15-16H2,1H3. The maximum Gasteiger partial charge on any atom is 0.231 e. The van der Waals surface area contributed by atoms with Gasteiger partial charge in [-0.25, -0.2) is 0 Å². The molecule has 0 saturated carbocycles. The van der Waals surface area contributed by atoms with Gasteiger partial charge in [0, 0.05) is 11.1 Å². The van der Waals surface area contributed by atoms with Crippen molar-refractivity contribution >= 4 is 17.5 Å². The minimum atomic E-state index is -0.305. The van der Waals surface area contributed by atoms with E-state index in [2.05, 4.69) is 10.2 Å². The Kier molecular flexibility index (Phi) is 5.64. The number of carbonyl (C=O) groups excluding carboxylic acids is 1. The zero-order valence-electron chi connectivity index (χ0n) is 17.5. The van der Waals surface area contributed by atoms with Crippen LogP contribution in [0.1, 0.15) is 22.8 Å². The highest BCUT2D eigenvalue weighted by Crippen LogP contribution is 2.34. The zero-order valence-corrected chi connectivity index (χ0v) is 18.3. The van der Waals surface area contributed by atoms with Crippen molar-refractivity contribution in [2.45, 2.75) is 23.9 Å². The van der Waals surface area contributed by atoms with Gasteiger partial charge in [0.1, 0.15) is 0 Å². The van der Waals surface area contributed by atoms with Crippen LogP contribution in [0.3, 0.4) is 0 Å². The van der Waals surface area contributed by atoms with E-state index in [1.54, 1.807) is 0 Å². The van der Waals surface area contributed by atoms with E-state index in [1.165, 1.54) is 11.8 Å². The van der Waals surface area contributed by atoms with Crippen molar-refractivity contribution in [2.24, 2.45) is 0 Å². The second-order valence-corrected chi connectivity index (χ2v) is 8.74. The number of carbonyl (C=O) groups is 1. The van der Waals surface area contributed by atoms with Gasteiger partial charge in [-0.1, -0.05) is 78.5 Å². The molecule has 1 atom stereocenters. The Morgan fingerprint density at radius 3 is 2.47 bits per heavy atom. The molecule has 0 radical (unpaired) electrons. The van der Waals surface area contributed by atoms with E-state index in [4.69, 9.17) is 9.47 Å². The summed E-state index contributed by atoms with van der Waals surface area (Å²) in [7, 11) is 0. The average Bonchev–Trinajstić information content (AvgIpc) is 3.46. The van der Waals surface area contributed by atoms with Crippen LogP contribution in [0.25, 0.3) is 11.4 Å². The molecule has 0 saturated heterocycles. The van der Waals surface area contributed by atoms with E-state index < -0.39 is 0 Å². The molecule has 0 N–H and O–H groups in total. The second-order valence-electron chi connectivity index (χ2n) is 7.44. The van der Waals surface area contributed by atoms with Crippen molar-refractivity contribution in [2.75, 3.05) is 6.79 Å². The summed E-state index contributed by atoms with van der Waals surface area (Å²) in [6.07, 6.45) is 0. The summed E-state index contributed by atoms with van der Waals surface area (Å²) in [6, 6.07) is 25.2. The predicted octanol–water partition coefficient (Wildman–Crippen LogP) is 5.09. The summed E-state index contributed by atoms with van der Waals surface area (Å²) in [5.74, 6) is 2.30. The minimum absolute atomic E-state index is 0.0643. The first-order valence-electron chi connectivity index (χ1n) is 10.3. The van der Waals surface area contributed by atoms with Gasteiger partial charge in [-0.3, -0.25) is 9.36 Å². The Balaban J connectivity index is 1.47. The van der Waals surface area contributed by atoms with E-state index in [0.717, 1.165) is 28.5 Å². The number of Topliss-reactive ketones (excluding diaryl/α,β-unsaturated/α-hetero) is 1. The van der Waals surface area contributed by atoms with Crippen molar-refractivity contribution in [1.82, 2.24) is 14.8 Å². The lowest BCUT2D eigenvalue weighted by molar-refractivity contribution is 0.0994. The summed E-state index contributed by atoms with van der Waals surface area (Å²) in [4.78, 5) is 12.9. The molecular formula is C25H21N3O3S. The molecule has 0 aliphatic carbocycles. The molecular weight excluding hydrogens is 422 g/mol. The Morgan fingerprint density at radius 1 is 0.969 bits per heavy atom. The molecule has 1 aromatic heterocycles. The lowest BCUT2D eigenvalue weighted by Gasteiger charge is -2.14. The van der Waals surface area contributed by atoms with Gasteiger partial charge in [0.25, 0.3) is 0 Å². The molecule has 1 unspecified atom stereocenters. The van der Waals surface area contributed by atoms with Crippen LogP contribution < -0.4 is 9.47 Å². The number of aromatic nitrogens is 3. The normalized spacial score (nSPS) is 13.2. The SMILES string of the molecule is CC(Sc1nnc(-c2ccccc2)n1Cc1ccc2c(c1)OCO2)C(=O)c1ccccc1. The van der Waals surface area contributed by atoms with Gasteiger partial charge in [-0.2, -0.15) is 0 Å². The molecule has 0 amide bonds. The number of ketones is 1. The lowest BCUT2D eigenvalue weighted by atomic mass is 10.1. The predicted molar refractivity (Wildman–Crippen MR) is 123 cm³/mol. The largest absolute Gasteiger partial charge is 0.454 e. The van der Waals surface area contributed by atoms with Crippen LogP contribution in [-0.2, 0) is 6.54 Å². The lowest BCUT2D eigenvalue weighted by Crippen LogP contribution is -2.15. The van der Waals surface area contributed by atoms with Crippen molar-refractivity contribution in [3.63, 3.8) is 0 Å². The van der Waals surface area contributed by atoms with Gasteiger partial charge < -0.3 is 9.47 Å². The summed E-state index contributed by atoms with van der Waals surface area (Å²) < 4.78 is 13.0. The molecule has 0 spiro atoms. The molecule has 1 aliphatic rings.